The molecule has 0 saturated heterocycles. The van der Waals surface area contributed by atoms with Gasteiger partial charge in [0.05, 0.1) is 7.11 Å². The molecule has 0 radical (unpaired) electrons. The lowest BCUT2D eigenvalue weighted by Gasteiger charge is -2.14. The standard InChI is InChI=1S/C14H20FNO3/c1-9(2)16-8-11-5-6-13(12(15)7-11)19-10(3)14(17)18-4/h5-7,9-10,16H,8H2,1-4H3. The minimum atomic E-state index is -0.834. The molecule has 4 nitrogen and oxygen atoms in total. The normalized spacial score (nSPS) is 12.3. The first-order valence-electron chi connectivity index (χ1n) is 6.20. The fourth-order valence-electron chi connectivity index (χ4n) is 1.48. The fraction of sp³-hybridized carbons (Fsp3) is 0.500. The molecule has 19 heavy (non-hydrogen) atoms. The van der Waals surface area contributed by atoms with Crippen molar-refractivity contribution in [3.8, 4) is 5.75 Å². The number of carbonyl (C=O) groups is 1. The Morgan fingerprint density at radius 2 is 2.05 bits per heavy atom. The van der Waals surface area contributed by atoms with Crippen molar-refractivity contribution in [1.82, 2.24) is 5.32 Å². The first-order chi connectivity index (χ1) is 8.93. The molecule has 1 aromatic carbocycles. The highest BCUT2D eigenvalue weighted by molar-refractivity contribution is 5.74. The summed E-state index contributed by atoms with van der Waals surface area (Å²) >= 11 is 0. The van der Waals surface area contributed by atoms with E-state index >= 15 is 0 Å². The first kappa shape index (κ1) is 15.4. The summed E-state index contributed by atoms with van der Waals surface area (Å²) in [6.45, 7) is 6.14. The summed E-state index contributed by atoms with van der Waals surface area (Å²) in [5.74, 6) is -0.977. The Morgan fingerprint density at radius 1 is 1.37 bits per heavy atom. The number of hydrogen-bond donors (Lipinski definition) is 1. The van der Waals surface area contributed by atoms with Crippen LogP contribution in [0.3, 0.4) is 0 Å². The van der Waals surface area contributed by atoms with E-state index in [1.165, 1.54) is 26.2 Å². The summed E-state index contributed by atoms with van der Waals surface area (Å²) < 4.78 is 23.5. The van der Waals surface area contributed by atoms with Crippen molar-refractivity contribution in [2.75, 3.05) is 7.11 Å². The average Bonchev–Trinajstić information content (AvgIpc) is 2.38. The van der Waals surface area contributed by atoms with E-state index in [0.717, 1.165) is 5.56 Å². The Balaban J connectivity index is 2.69. The second-order valence-electron chi connectivity index (χ2n) is 4.58. The van der Waals surface area contributed by atoms with Crippen molar-refractivity contribution in [2.24, 2.45) is 0 Å². The summed E-state index contributed by atoms with van der Waals surface area (Å²) in [5.41, 5.74) is 0.823. The van der Waals surface area contributed by atoms with Crippen molar-refractivity contribution in [1.29, 1.82) is 0 Å². The number of rotatable bonds is 6. The van der Waals surface area contributed by atoms with Gasteiger partial charge in [-0.2, -0.15) is 0 Å². The monoisotopic (exact) mass is 269 g/mol. The number of hydrogen-bond acceptors (Lipinski definition) is 4. The summed E-state index contributed by atoms with van der Waals surface area (Å²) in [6.07, 6.45) is -0.834. The van der Waals surface area contributed by atoms with Crippen molar-refractivity contribution >= 4 is 5.97 Å². The fourth-order valence-corrected chi connectivity index (χ4v) is 1.48. The number of ether oxygens (including phenoxy) is 2. The molecule has 0 heterocycles. The zero-order chi connectivity index (χ0) is 14.4. The van der Waals surface area contributed by atoms with E-state index in [1.54, 1.807) is 6.07 Å². The Kier molecular flexibility index (Phi) is 5.76. The molecule has 0 aliphatic heterocycles. The molecule has 1 aromatic rings. The lowest BCUT2D eigenvalue weighted by atomic mass is 10.2. The van der Waals surface area contributed by atoms with Crippen LogP contribution in [0.5, 0.6) is 5.75 Å². The van der Waals surface area contributed by atoms with E-state index in [-0.39, 0.29) is 5.75 Å². The third kappa shape index (κ3) is 4.87. The highest BCUT2D eigenvalue weighted by Crippen LogP contribution is 2.20. The quantitative estimate of drug-likeness (QED) is 0.805. The Labute approximate surface area is 112 Å². The van der Waals surface area contributed by atoms with Crippen molar-refractivity contribution in [3.63, 3.8) is 0 Å². The average molecular weight is 269 g/mol. The second-order valence-corrected chi connectivity index (χ2v) is 4.58. The van der Waals surface area contributed by atoms with Crippen LogP contribution >= 0.6 is 0 Å². The van der Waals surface area contributed by atoms with E-state index < -0.39 is 17.9 Å². The maximum Gasteiger partial charge on any atom is 0.346 e. The lowest BCUT2D eigenvalue weighted by molar-refractivity contribution is -0.148. The van der Waals surface area contributed by atoms with E-state index in [0.29, 0.717) is 12.6 Å². The predicted molar refractivity (Wildman–Crippen MR) is 70.5 cm³/mol. The SMILES string of the molecule is COC(=O)C(C)Oc1ccc(CNC(C)C)cc1F. The van der Waals surface area contributed by atoms with Crippen LogP contribution in [0, 0.1) is 5.82 Å². The van der Waals surface area contributed by atoms with Gasteiger partial charge in [0.25, 0.3) is 0 Å². The van der Waals surface area contributed by atoms with Crippen molar-refractivity contribution < 1.29 is 18.7 Å². The number of nitrogens with one attached hydrogen (secondary N) is 1. The highest BCUT2D eigenvalue weighted by Gasteiger charge is 2.16. The van der Waals surface area contributed by atoms with Gasteiger partial charge in [0.2, 0.25) is 0 Å². The van der Waals surface area contributed by atoms with Gasteiger partial charge in [0.1, 0.15) is 0 Å². The molecule has 0 saturated carbocycles. The molecule has 106 valence electrons. The molecule has 5 heteroatoms. The number of benzene rings is 1. The van der Waals surface area contributed by atoms with Crippen LogP contribution < -0.4 is 10.1 Å². The summed E-state index contributed by atoms with van der Waals surface area (Å²) in [7, 11) is 1.26. The van der Waals surface area contributed by atoms with Crippen LogP contribution in [-0.4, -0.2) is 25.2 Å². The van der Waals surface area contributed by atoms with E-state index in [1.807, 2.05) is 13.8 Å². The van der Waals surface area contributed by atoms with Gasteiger partial charge in [0.15, 0.2) is 17.7 Å². The predicted octanol–water partition coefficient (Wildman–Crippen LogP) is 2.26. The molecule has 1 unspecified atom stereocenters. The van der Waals surface area contributed by atoms with E-state index in [4.69, 9.17) is 4.74 Å². The molecular weight excluding hydrogens is 249 g/mol. The van der Waals surface area contributed by atoms with Crippen LogP contribution in [0.1, 0.15) is 26.3 Å². The van der Waals surface area contributed by atoms with Crippen LogP contribution in [0.4, 0.5) is 4.39 Å². The molecule has 0 aliphatic rings. The molecular formula is C14H20FNO3. The van der Waals surface area contributed by atoms with Crippen LogP contribution in [-0.2, 0) is 16.1 Å². The van der Waals surface area contributed by atoms with Gasteiger partial charge in [-0.25, -0.2) is 9.18 Å². The molecule has 0 spiro atoms. The molecule has 1 rings (SSSR count). The van der Waals surface area contributed by atoms with Gasteiger partial charge in [-0.1, -0.05) is 19.9 Å². The van der Waals surface area contributed by atoms with Crippen LogP contribution in [0.15, 0.2) is 18.2 Å². The van der Waals surface area contributed by atoms with Gasteiger partial charge in [-0.3, -0.25) is 0 Å². The third-order valence-corrected chi connectivity index (χ3v) is 2.55. The van der Waals surface area contributed by atoms with Crippen molar-refractivity contribution in [3.05, 3.63) is 29.6 Å². The number of halogens is 1. The maximum atomic E-state index is 13.8. The molecule has 0 amide bonds. The largest absolute Gasteiger partial charge is 0.476 e. The Bertz CT molecular complexity index is 435. The number of carbonyl (C=O) groups excluding carboxylic acids is 1. The van der Waals surface area contributed by atoms with Gasteiger partial charge >= 0.3 is 5.97 Å². The van der Waals surface area contributed by atoms with Gasteiger partial charge < -0.3 is 14.8 Å². The van der Waals surface area contributed by atoms with Gasteiger partial charge in [-0.05, 0) is 24.6 Å². The van der Waals surface area contributed by atoms with E-state index in [9.17, 15) is 9.18 Å². The molecule has 0 aromatic heterocycles. The summed E-state index contributed by atoms with van der Waals surface area (Å²) in [5, 5.41) is 3.19. The van der Waals surface area contributed by atoms with Gasteiger partial charge in [0, 0.05) is 12.6 Å². The lowest BCUT2D eigenvalue weighted by Crippen LogP contribution is -2.25. The summed E-state index contributed by atoms with van der Waals surface area (Å²) in [6, 6.07) is 5.01. The highest BCUT2D eigenvalue weighted by atomic mass is 19.1. The number of esters is 1. The molecule has 0 fully saturated rings. The Hall–Kier alpha value is -1.62. The first-order valence-corrected chi connectivity index (χ1v) is 6.20. The summed E-state index contributed by atoms with van der Waals surface area (Å²) in [4.78, 5) is 11.2. The van der Waals surface area contributed by atoms with Gasteiger partial charge in [-0.15, -0.1) is 0 Å². The van der Waals surface area contributed by atoms with Crippen LogP contribution in [0.2, 0.25) is 0 Å². The topological polar surface area (TPSA) is 47.6 Å². The minimum absolute atomic E-state index is 0.0474. The van der Waals surface area contributed by atoms with Crippen LogP contribution in [0.25, 0.3) is 0 Å². The molecule has 1 N–H and O–H groups in total. The van der Waals surface area contributed by atoms with E-state index in [2.05, 4.69) is 10.1 Å². The molecule has 0 aliphatic carbocycles. The maximum absolute atomic E-state index is 13.8. The third-order valence-electron chi connectivity index (χ3n) is 2.55. The van der Waals surface area contributed by atoms with Crippen molar-refractivity contribution in [2.45, 2.75) is 39.5 Å². The number of methoxy groups -OCH3 is 1. The zero-order valence-corrected chi connectivity index (χ0v) is 11.7. The smallest absolute Gasteiger partial charge is 0.346 e. The second kappa shape index (κ2) is 7.09. The molecule has 1 atom stereocenters. The Morgan fingerprint density at radius 3 is 2.58 bits per heavy atom. The molecule has 0 bridgehead atoms. The minimum Gasteiger partial charge on any atom is -0.476 e. The zero-order valence-electron chi connectivity index (χ0n) is 11.7.